The van der Waals surface area contributed by atoms with E-state index in [0.29, 0.717) is 22.4 Å². The molecule has 0 saturated carbocycles. The minimum Gasteiger partial charge on any atom is -0.352 e. The Bertz CT molecular complexity index is 1150. The summed E-state index contributed by atoms with van der Waals surface area (Å²) in [6.07, 6.45) is 0.458. The van der Waals surface area contributed by atoms with Gasteiger partial charge in [0.05, 0.1) is 17.3 Å². The van der Waals surface area contributed by atoms with Crippen molar-refractivity contribution in [3.63, 3.8) is 0 Å². The van der Waals surface area contributed by atoms with Crippen LogP contribution in [0, 0.1) is 0 Å². The third kappa shape index (κ3) is 4.85. The summed E-state index contributed by atoms with van der Waals surface area (Å²) in [4.78, 5) is 12.3. The van der Waals surface area contributed by atoms with Crippen LogP contribution in [-0.2, 0) is 14.6 Å². The molecule has 10 heteroatoms. The molecule has 0 bridgehead atoms. The van der Waals surface area contributed by atoms with Crippen molar-refractivity contribution < 1.29 is 13.2 Å². The SMILES string of the molecule is O=C(CSc1nnc(-c2ccc(Cl)cc2)n1-c1ccccc1)N[C@H]1CCS(=O)(=O)C1. The first-order chi connectivity index (χ1) is 14.4. The van der Waals surface area contributed by atoms with Gasteiger partial charge in [0.2, 0.25) is 5.91 Å². The van der Waals surface area contributed by atoms with Crippen LogP contribution in [0.25, 0.3) is 17.1 Å². The molecule has 1 fully saturated rings. The zero-order valence-corrected chi connectivity index (χ0v) is 18.3. The summed E-state index contributed by atoms with van der Waals surface area (Å²) in [6.45, 7) is 0. The first kappa shape index (κ1) is 20.9. The van der Waals surface area contributed by atoms with E-state index in [-0.39, 0.29) is 29.2 Å². The normalized spacial score (nSPS) is 17.7. The average Bonchev–Trinajstić information content (AvgIpc) is 3.30. The summed E-state index contributed by atoms with van der Waals surface area (Å²) in [7, 11) is -3.04. The molecule has 1 aromatic heterocycles. The van der Waals surface area contributed by atoms with Crippen molar-refractivity contribution in [3.8, 4) is 17.1 Å². The van der Waals surface area contributed by atoms with E-state index in [1.807, 2.05) is 47.0 Å². The third-order valence-corrected chi connectivity index (χ3v) is 7.63. The molecular weight excluding hydrogens is 444 g/mol. The number of thioether (sulfide) groups is 1. The smallest absolute Gasteiger partial charge is 0.230 e. The number of hydrogen-bond acceptors (Lipinski definition) is 6. The van der Waals surface area contributed by atoms with Gasteiger partial charge in [0.1, 0.15) is 0 Å². The number of halogens is 1. The first-order valence-corrected chi connectivity index (χ1v) is 12.5. The van der Waals surface area contributed by atoms with Crippen molar-refractivity contribution >= 4 is 39.1 Å². The molecule has 0 spiro atoms. The summed E-state index contributed by atoms with van der Waals surface area (Å²) >= 11 is 7.26. The van der Waals surface area contributed by atoms with Crippen molar-refractivity contribution in [2.24, 2.45) is 0 Å². The molecular formula is C20H19ClN4O3S2. The molecule has 1 N–H and O–H groups in total. The van der Waals surface area contributed by atoms with E-state index in [9.17, 15) is 13.2 Å². The van der Waals surface area contributed by atoms with Crippen molar-refractivity contribution in [2.75, 3.05) is 17.3 Å². The Morgan fingerprint density at radius 2 is 1.87 bits per heavy atom. The van der Waals surface area contributed by atoms with Gasteiger partial charge in [0.15, 0.2) is 20.8 Å². The monoisotopic (exact) mass is 462 g/mol. The largest absolute Gasteiger partial charge is 0.352 e. The van der Waals surface area contributed by atoms with Gasteiger partial charge in [-0.25, -0.2) is 8.42 Å². The highest BCUT2D eigenvalue weighted by atomic mass is 35.5. The second kappa shape index (κ2) is 8.79. The average molecular weight is 463 g/mol. The summed E-state index contributed by atoms with van der Waals surface area (Å²) in [5.74, 6) is 0.657. The predicted molar refractivity (Wildman–Crippen MR) is 118 cm³/mol. The maximum atomic E-state index is 12.3. The minimum atomic E-state index is -3.04. The molecule has 1 aliphatic heterocycles. The quantitative estimate of drug-likeness (QED) is 0.566. The summed E-state index contributed by atoms with van der Waals surface area (Å²) in [5, 5.41) is 12.6. The molecule has 1 atom stereocenters. The number of sulfone groups is 1. The van der Waals surface area contributed by atoms with Gasteiger partial charge < -0.3 is 5.32 Å². The van der Waals surface area contributed by atoms with Gasteiger partial charge in [-0.1, -0.05) is 41.6 Å². The standard InChI is InChI=1S/C20H19ClN4O3S2/c21-15-8-6-14(7-9-15)19-23-24-20(25(19)17-4-2-1-3-5-17)29-12-18(26)22-16-10-11-30(27,28)13-16/h1-9,16H,10-13H2,(H,22,26)/t16-/m0/s1. The number of nitrogens with zero attached hydrogens (tertiary/aromatic N) is 3. The van der Waals surface area contributed by atoms with Gasteiger partial charge >= 0.3 is 0 Å². The van der Waals surface area contributed by atoms with Crippen LogP contribution in [0.5, 0.6) is 0 Å². The Hall–Kier alpha value is -2.36. The number of carbonyl (C=O) groups is 1. The van der Waals surface area contributed by atoms with E-state index in [0.717, 1.165) is 11.3 Å². The van der Waals surface area contributed by atoms with Crippen LogP contribution in [0.15, 0.2) is 59.8 Å². The second-order valence-electron chi connectivity index (χ2n) is 6.94. The topological polar surface area (TPSA) is 93.9 Å². The van der Waals surface area contributed by atoms with E-state index in [2.05, 4.69) is 15.5 Å². The number of benzene rings is 2. The van der Waals surface area contributed by atoms with Crippen LogP contribution >= 0.6 is 23.4 Å². The maximum Gasteiger partial charge on any atom is 0.230 e. The first-order valence-electron chi connectivity index (χ1n) is 9.31. The number of nitrogens with one attached hydrogen (secondary N) is 1. The van der Waals surface area contributed by atoms with Crippen molar-refractivity contribution in [1.82, 2.24) is 20.1 Å². The number of amides is 1. The van der Waals surface area contributed by atoms with Crippen molar-refractivity contribution in [2.45, 2.75) is 17.6 Å². The minimum absolute atomic E-state index is 0.00429. The lowest BCUT2D eigenvalue weighted by atomic mass is 10.2. The van der Waals surface area contributed by atoms with E-state index < -0.39 is 9.84 Å². The lowest BCUT2D eigenvalue weighted by molar-refractivity contribution is -0.119. The Morgan fingerprint density at radius 1 is 1.13 bits per heavy atom. The fraction of sp³-hybridized carbons (Fsp3) is 0.250. The molecule has 4 rings (SSSR count). The number of aromatic nitrogens is 3. The number of carbonyl (C=O) groups excluding carboxylic acids is 1. The highest BCUT2D eigenvalue weighted by Gasteiger charge is 2.29. The summed E-state index contributed by atoms with van der Waals surface area (Å²) in [6, 6.07) is 16.6. The Kier molecular flexibility index (Phi) is 6.12. The maximum absolute atomic E-state index is 12.3. The zero-order chi connectivity index (χ0) is 21.1. The molecule has 0 aliphatic carbocycles. The van der Waals surface area contributed by atoms with Crippen LogP contribution < -0.4 is 5.32 Å². The fourth-order valence-electron chi connectivity index (χ4n) is 3.27. The molecule has 7 nitrogen and oxygen atoms in total. The van der Waals surface area contributed by atoms with Gasteiger partial charge in [0.25, 0.3) is 0 Å². The van der Waals surface area contributed by atoms with Gasteiger partial charge in [-0.3, -0.25) is 9.36 Å². The number of para-hydroxylation sites is 1. The van der Waals surface area contributed by atoms with E-state index in [1.165, 1.54) is 11.8 Å². The molecule has 2 aromatic carbocycles. The predicted octanol–water partition coefficient (Wildman–Crippen LogP) is 2.98. The van der Waals surface area contributed by atoms with E-state index >= 15 is 0 Å². The lowest BCUT2D eigenvalue weighted by Crippen LogP contribution is -2.36. The molecule has 3 aromatic rings. The molecule has 2 heterocycles. The second-order valence-corrected chi connectivity index (χ2v) is 10.5. The molecule has 1 saturated heterocycles. The van der Waals surface area contributed by atoms with Crippen LogP contribution in [0.3, 0.4) is 0 Å². The van der Waals surface area contributed by atoms with Gasteiger partial charge in [0, 0.05) is 22.3 Å². The Labute approximate surface area is 183 Å². The summed E-state index contributed by atoms with van der Waals surface area (Å²) < 4.78 is 25.0. The van der Waals surface area contributed by atoms with Gasteiger partial charge in [-0.05, 0) is 42.8 Å². The third-order valence-electron chi connectivity index (χ3n) is 4.68. The summed E-state index contributed by atoms with van der Waals surface area (Å²) in [5.41, 5.74) is 1.72. The lowest BCUT2D eigenvalue weighted by Gasteiger charge is -2.12. The van der Waals surface area contributed by atoms with Crippen molar-refractivity contribution in [3.05, 3.63) is 59.6 Å². The molecule has 156 valence electrons. The number of hydrogen-bond donors (Lipinski definition) is 1. The highest BCUT2D eigenvalue weighted by Crippen LogP contribution is 2.28. The molecule has 1 amide bonds. The fourth-order valence-corrected chi connectivity index (χ4v) is 5.83. The molecule has 0 radical (unpaired) electrons. The highest BCUT2D eigenvalue weighted by molar-refractivity contribution is 7.99. The van der Waals surface area contributed by atoms with Crippen LogP contribution in [0.1, 0.15) is 6.42 Å². The molecule has 30 heavy (non-hydrogen) atoms. The van der Waals surface area contributed by atoms with E-state index in [1.54, 1.807) is 12.1 Å². The number of rotatable bonds is 6. The zero-order valence-electron chi connectivity index (χ0n) is 15.9. The van der Waals surface area contributed by atoms with Gasteiger partial charge in [-0.2, -0.15) is 0 Å². The van der Waals surface area contributed by atoms with E-state index in [4.69, 9.17) is 11.6 Å². The molecule has 1 aliphatic rings. The Balaban J connectivity index is 1.54. The molecule has 0 unspecified atom stereocenters. The van der Waals surface area contributed by atoms with Gasteiger partial charge in [-0.15, -0.1) is 10.2 Å². The van der Waals surface area contributed by atoms with Crippen LogP contribution in [-0.4, -0.2) is 52.4 Å². The Morgan fingerprint density at radius 3 is 2.53 bits per heavy atom. The van der Waals surface area contributed by atoms with Crippen LogP contribution in [0.2, 0.25) is 5.02 Å². The van der Waals surface area contributed by atoms with Crippen LogP contribution in [0.4, 0.5) is 0 Å². The van der Waals surface area contributed by atoms with Crippen molar-refractivity contribution in [1.29, 1.82) is 0 Å².